The summed E-state index contributed by atoms with van der Waals surface area (Å²) in [5.41, 5.74) is 3.10. The maximum absolute atomic E-state index is 12.8. The number of piperazine rings is 1. The predicted molar refractivity (Wildman–Crippen MR) is 122 cm³/mol. The fourth-order valence-electron chi connectivity index (χ4n) is 4.19. The Morgan fingerprint density at radius 1 is 1.16 bits per heavy atom. The average molecular weight is 423 g/mol. The molecular formula is C25H30N2O4. The molecule has 0 saturated carbocycles. The molecule has 0 aliphatic carbocycles. The first-order chi connectivity index (χ1) is 15.1. The van der Waals surface area contributed by atoms with E-state index in [1.165, 1.54) is 0 Å². The second kappa shape index (κ2) is 9.33. The topological polar surface area (TPSA) is 51.2 Å². The molecule has 1 amide bonds. The first-order valence-electron chi connectivity index (χ1n) is 10.9. The third-order valence-electron chi connectivity index (χ3n) is 5.75. The van der Waals surface area contributed by atoms with Gasteiger partial charge in [0, 0.05) is 49.8 Å². The highest BCUT2D eigenvalue weighted by Gasteiger charge is 2.23. The van der Waals surface area contributed by atoms with E-state index in [0.29, 0.717) is 19.7 Å². The molecule has 1 fully saturated rings. The zero-order valence-electron chi connectivity index (χ0n) is 18.5. The largest absolute Gasteiger partial charge is 0.495 e. The summed E-state index contributed by atoms with van der Waals surface area (Å²) in [4.78, 5) is 17.0. The number of ether oxygens (including phenoxy) is 3. The van der Waals surface area contributed by atoms with Gasteiger partial charge in [-0.05, 0) is 44.2 Å². The maximum Gasteiger partial charge on any atom is 0.246 e. The number of benzene rings is 2. The van der Waals surface area contributed by atoms with Gasteiger partial charge in [0.2, 0.25) is 5.91 Å². The molecule has 0 unspecified atom stereocenters. The third-order valence-corrected chi connectivity index (χ3v) is 5.75. The van der Waals surface area contributed by atoms with Gasteiger partial charge in [0.1, 0.15) is 23.4 Å². The number of carbonyl (C=O) groups is 1. The molecule has 6 heteroatoms. The van der Waals surface area contributed by atoms with Crippen molar-refractivity contribution < 1.29 is 19.0 Å². The Hall–Kier alpha value is -3.15. The summed E-state index contributed by atoms with van der Waals surface area (Å²) in [5.74, 6) is 2.55. The highest BCUT2D eigenvalue weighted by atomic mass is 16.5. The molecule has 2 aliphatic rings. The summed E-state index contributed by atoms with van der Waals surface area (Å²) in [6.07, 6.45) is 4.54. The minimum Gasteiger partial charge on any atom is -0.495 e. The number of rotatable bonds is 6. The number of nitrogens with zero attached hydrogens (tertiary/aromatic N) is 2. The first kappa shape index (κ1) is 21.1. The molecule has 2 aromatic rings. The molecule has 164 valence electrons. The second-order valence-electron chi connectivity index (χ2n) is 7.88. The Balaban J connectivity index is 1.42. The van der Waals surface area contributed by atoms with Crippen LogP contribution in [0.4, 0.5) is 5.69 Å². The standard InChI is InChI=1S/C25H30N2O4/c1-4-30-23-17-20-15-18(2)31-24(20)16-19(23)9-10-25(28)27-13-11-26(12-14-27)21-7-5-6-8-22(21)29-3/h5-10,16-18H,4,11-15H2,1-3H3/b10-9+/t18-/m0/s1. The Morgan fingerprint density at radius 3 is 2.68 bits per heavy atom. The lowest BCUT2D eigenvalue weighted by Gasteiger charge is -2.36. The van der Waals surface area contributed by atoms with Crippen LogP contribution in [-0.4, -0.2) is 56.8 Å². The number of methoxy groups -OCH3 is 1. The first-order valence-corrected chi connectivity index (χ1v) is 10.9. The van der Waals surface area contributed by atoms with Gasteiger partial charge in [0.25, 0.3) is 0 Å². The van der Waals surface area contributed by atoms with Crippen LogP contribution in [-0.2, 0) is 11.2 Å². The summed E-state index contributed by atoms with van der Waals surface area (Å²) in [6, 6.07) is 12.0. The molecule has 1 saturated heterocycles. The minimum absolute atomic E-state index is 0.0110. The Kier molecular flexibility index (Phi) is 6.35. The zero-order valence-corrected chi connectivity index (χ0v) is 18.5. The van der Waals surface area contributed by atoms with E-state index in [-0.39, 0.29) is 12.0 Å². The van der Waals surface area contributed by atoms with Gasteiger partial charge in [-0.15, -0.1) is 0 Å². The van der Waals surface area contributed by atoms with Crippen molar-refractivity contribution in [1.29, 1.82) is 0 Å². The van der Waals surface area contributed by atoms with Gasteiger partial charge in [0.05, 0.1) is 19.4 Å². The number of anilines is 1. The highest BCUT2D eigenvalue weighted by molar-refractivity contribution is 5.92. The van der Waals surface area contributed by atoms with Crippen molar-refractivity contribution >= 4 is 17.7 Å². The van der Waals surface area contributed by atoms with E-state index in [1.54, 1.807) is 13.2 Å². The van der Waals surface area contributed by atoms with Crippen LogP contribution < -0.4 is 19.1 Å². The molecule has 2 heterocycles. The SMILES string of the molecule is CCOc1cc2c(cc1/C=C/C(=O)N1CCN(c3ccccc3OC)CC1)O[C@@H](C)C2. The van der Waals surface area contributed by atoms with Crippen molar-refractivity contribution in [3.05, 3.63) is 53.6 Å². The predicted octanol–water partition coefficient (Wildman–Crippen LogP) is 3.78. The molecule has 0 N–H and O–H groups in total. The number of hydrogen-bond donors (Lipinski definition) is 0. The highest BCUT2D eigenvalue weighted by Crippen LogP contribution is 2.36. The van der Waals surface area contributed by atoms with Crippen LogP contribution in [0, 0.1) is 0 Å². The van der Waals surface area contributed by atoms with E-state index >= 15 is 0 Å². The van der Waals surface area contributed by atoms with Crippen molar-refractivity contribution in [2.24, 2.45) is 0 Å². The van der Waals surface area contributed by atoms with E-state index in [9.17, 15) is 4.79 Å². The summed E-state index contributed by atoms with van der Waals surface area (Å²) in [5, 5.41) is 0. The second-order valence-corrected chi connectivity index (χ2v) is 7.88. The molecule has 0 spiro atoms. The van der Waals surface area contributed by atoms with Crippen LogP contribution in [0.15, 0.2) is 42.5 Å². The van der Waals surface area contributed by atoms with Crippen LogP contribution in [0.25, 0.3) is 6.08 Å². The van der Waals surface area contributed by atoms with Gasteiger partial charge < -0.3 is 24.0 Å². The lowest BCUT2D eigenvalue weighted by molar-refractivity contribution is -0.126. The van der Waals surface area contributed by atoms with E-state index < -0.39 is 0 Å². The molecule has 4 rings (SSSR count). The fourth-order valence-corrected chi connectivity index (χ4v) is 4.19. The Morgan fingerprint density at radius 2 is 1.94 bits per heavy atom. The maximum atomic E-state index is 12.8. The van der Waals surface area contributed by atoms with Crippen LogP contribution in [0.3, 0.4) is 0 Å². The lowest BCUT2D eigenvalue weighted by Crippen LogP contribution is -2.48. The van der Waals surface area contributed by atoms with Crippen molar-refractivity contribution in [2.75, 3.05) is 44.8 Å². The molecule has 0 radical (unpaired) electrons. The molecule has 6 nitrogen and oxygen atoms in total. The zero-order chi connectivity index (χ0) is 21.8. The number of para-hydroxylation sites is 2. The number of carbonyl (C=O) groups excluding carboxylic acids is 1. The molecule has 31 heavy (non-hydrogen) atoms. The average Bonchev–Trinajstić information content (AvgIpc) is 3.16. The number of fused-ring (bicyclic) bond motifs is 1. The quantitative estimate of drug-likeness (QED) is 0.663. The van der Waals surface area contributed by atoms with Crippen LogP contribution in [0.1, 0.15) is 25.0 Å². The number of amides is 1. The molecule has 2 aromatic carbocycles. The van der Waals surface area contributed by atoms with Gasteiger partial charge >= 0.3 is 0 Å². The van der Waals surface area contributed by atoms with Gasteiger partial charge in [0.15, 0.2) is 0 Å². The van der Waals surface area contributed by atoms with E-state index in [2.05, 4.69) is 17.9 Å². The Labute approximate surface area is 184 Å². The van der Waals surface area contributed by atoms with Crippen molar-refractivity contribution in [1.82, 2.24) is 4.90 Å². The fraction of sp³-hybridized carbons (Fsp3) is 0.400. The Bertz CT molecular complexity index is 964. The summed E-state index contributed by atoms with van der Waals surface area (Å²) >= 11 is 0. The number of hydrogen-bond acceptors (Lipinski definition) is 5. The van der Waals surface area contributed by atoms with Crippen LogP contribution in [0.5, 0.6) is 17.2 Å². The van der Waals surface area contributed by atoms with E-state index in [1.807, 2.05) is 48.2 Å². The summed E-state index contributed by atoms with van der Waals surface area (Å²) in [7, 11) is 1.69. The molecular weight excluding hydrogens is 392 g/mol. The molecule has 0 bridgehead atoms. The van der Waals surface area contributed by atoms with Crippen molar-refractivity contribution in [3.8, 4) is 17.2 Å². The van der Waals surface area contributed by atoms with Crippen molar-refractivity contribution in [2.45, 2.75) is 26.4 Å². The van der Waals surface area contributed by atoms with Gasteiger partial charge in [-0.25, -0.2) is 0 Å². The van der Waals surface area contributed by atoms with Crippen LogP contribution in [0.2, 0.25) is 0 Å². The molecule has 0 aromatic heterocycles. The van der Waals surface area contributed by atoms with Crippen molar-refractivity contribution in [3.63, 3.8) is 0 Å². The molecule has 2 aliphatic heterocycles. The van der Waals surface area contributed by atoms with Gasteiger partial charge in [-0.1, -0.05) is 12.1 Å². The normalized spacial score (nSPS) is 18.1. The summed E-state index contributed by atoms with van der Waals surface area (Å²) in [6.45, 7) is 7.49. The van der Waals surface area contributed by atoms with Gasteiger partial charge in [-0.2, -0.15) is 0 Å². The van der Waals surface area contributed by atoms with Gasteiger partial charge in [-0.3, -0.25) is 4.79 Å². The van der Waals surface area contributed by atoms with E-state index in [0.717, 1.165) is 53.6 Å². The monoisotopic (exact) mass is 422 g/mol. The third kappa shape index (κ3) is 4.63. The summed E-state index contributed by atoms with van der Waals surface area (Å²) < 4.78 is 17.2. The van der Waals surface area contributed by atoms with E-state index in [4.69, 9.17) is 14.2 Å². The molecule has 1 atom stereocenters. The smallest absolute Gasteiger partial charge is 0.246 e. The van der Waals surface area contributed by atoms with Crippen LogP contribution >= 0.6 is 0 Å². The lowest BCUT2D eigenvalue weighted by atomic mass is 10.1. The minimum atomic E-state index is 0.0110.